The highest BCUT2D eigenvalue weighted by Crippen LogP contribution is 2.19. The van der Waals surface area contributed by atoms with Gasteiger partial charge in [0, 0.05) is 42.0 Å². The Kier molecular flexibility index (Phi) is 10.8. The smallest absolute Gasteiger partial charge is 0.325 e. The molecule has 3 rings (SSSR count). The number of aliphatic imine (C=N–C) groups is 1. The van der Waals surface area contributed by atoms with Gasteiger partial charge in [-0.15, -0.1) is 0 Å². The summed E-state index contributed by atoms with van der Waals surface area (Å²) in [5, 5.41) is 17.8. The average Bonchev–Trinajstić information content (AvgIpc) is 3.59. The fourth-order valence-corrected chi connectivity index (χ4v) is 4.15. The Labute approximate surface area is 235 Å². The van der Waals surface area contributed by atoms with Crippen molar-refractivity contribution in [2.24, 2.45) is 22.2 Å². The third kappa shape index (κ3) is 9.06. The van der Waals surface area contributed by atoms with E-state index in [-0.39, 0.29) is 31.8 Å². The zero-order chi connectivity index (χ0) is 29.9. The van der Waals surface area contributed by atoms with Crippen molar-refractivity contribution >= 4 is 40.6 Å². The molecule has 1 aromatic carbocycles. The topological polar surface area (TPSA) is 259 Å². The van der Waals surface area contributed by atoms with Crippen molar-refractivity contribution in [1.29, 1.82) is 0 Å². The van der Waals surface area contributed by atoms with Crippen molar-refractivity contribution in [1.82, 2.24) is 30.9 Å². The number of nitrogens with one attached hydrogen (secondary N) is 5. The number of carboxylic acid groups (broad SMARTS) is 1. The first-order valence-electron chi connectivity index (χ1n) is 13.0. The number of carbonyl (C=O) groups is 4. The van der Waals surface area contributed by atoms with E-state index in [0.717, 1.165) is 16.5 Å². The van der Waals surface area contributed by atoms with Crippen LogP contribution >= 0.6 is 0 Å². The van der Waals surface area contributed by atoms with Crippen molar-refractivity contribution < 1.29 is 24.3 Å². The molecule has 2 aromatic heterocycles. The van der Waals surface area contributed by atoms with Gasteiger partial charge in [0.05, 0.1) is 12.4 Å². The van der Waals surface area contributed by atoms with Crippen LogP contribution in [0.1, 0.15) is 31.0 Å². The van der Waals surface area contributed by atoms with Crippen LogP contribution in [0.4, 0.5) is 0 Å². The van der Waals surface area contributed by atoms with Gasteiger partial charge in [-0.1, -0.05) is 18.2 Å². The Morgan fingerprint density at radius 3 is 2.39 bits per heavy atom. The first kappa shape index (κ1) is 30.6. The van der Waals surface area contributed by atoms with Gasteiger partial charge in [0.25, 0.3) is 0 Å². The van der Waals surface area contributed by atoms with Crippen molar-refractivity contribution in [3.05, 3.63) is 54.2 Å². The molecule has 4 unspecified atom stereocenters. The van der Waals surface area contributed by atoms with E-state index in [9.17, 15) is 24.3 Å². The number of rotatable bonds is 15. The number of hydrogen-bond donors (Lipinski definition) is 9. The van der Waals surface area contributed by atoms with Gasteiger partial charge < -0.3 is 48.2 Å². The van der Waals surface area contributed by atoms with Crippen molar-refractivity contribution in [2.45, 2.75) is 56.8 Å². The summed E-state index contributed by atoms with van der Waals surface area (Å²) in [6.45, 7) is 1.51. The minimum Gasteiger partial charge on any atom is -0.480 e. The lowest BCUT2D eigenvalue weighted by molar-refractivity contribution is -0.141. The fourth-order valence-electron chi connectivity index (χ4n) is 4.15. The van der Waals surface area contributed by atoms with Crippen LogP contribution in [-0.2, 0) is 32.0 Å². The van der Waals surface area contributed by atoms with Crippen LogP contribution in [0, 0.1) is 0 Å². The van der Waals surface area contributed by atoms with Crippen LogP contribution in [0.2, 0.25) is 0 Å². The number of aromatic nitrogens is 3. The third-order valence-corrected chi connectivity index (χ3v) is 6.37. The Morgan fingerprint density at radius 2 is 1.71 bits per heavy atom. The molecule has 0 fully saturated rings. The van der Waals surface area contributed by atoms with Crippen LogP contribution in [0.15, 0.2) is 48.0 Å². The maximum absolute atomic E-state index is 13.4. The molecule has 0 aliphatic carbocycles. The molecule has 2 heterocycles. The van der Waals surface area contributed by atoms with Gasteiger partial charge in [0.2, 0.25) is 17.7 Å². The van der Waals surface area contributed by atoms with E-state index in [1.807, 2.05) is 24.3 Å². The lowest BCUT2D eigenvalue weighted by Gasteiger charge is -2.24. The quantitative estimate of drug-likeness (QED) is 0.0593. The molecule has 0 aliphatic rings. The first-order chi connectivity index (χ1) is 19.5. The average molecular weight is 569 g/mol. The maximum Gasteiger partial charge on any atom is 0.325 e. The molecule has 15 heteroatoms. The van der Waals surface area contributed by atoms with Gasteiger partial charge >= 0.3 is 5.97 Å². The Hall–Kier alpha value is -4.92. The number of hydrogen-bond acceptors (Lipinski definition) is 7. The number of H-pyrrole nitrogens is 2. The monoisotopic (exact) mass is 568 g/mol. The summed E-state index contributed by atoms with van der Waals surface area (Å²) in [7, 11) is 0. The number of guanidine groups is 1. The Balaban J connectivity index is 1.74. The van der Waals surface area contributed by atoms with Crippen LogP contribution in [0.5, 0.6) is 0 Å². The maximum atomic E-state index is 13.4. The van der Waals surface area contributed by atoms with Crippen molar-refractivity contribution in [3.8, 4) is 0 Å². The predicted octanol–water partition coefficient (Wildman–Crippen LogP) is -1.38. The number of fused-ring (bicyclic) bond motifs is 1. The normalized spacial score (nSPS) is 13.9. The van der Waals surface area contributed by atoms with E-state index in [2.05, 4.69) is 35.9 Å². The van der Waals surface area contributed by atoms with Gasteiger partial charge in [0.15, 0.2) is 5.96 Å². The van der Waals surface area contributed by atoms with Gasteiger partial charge in [-0.2, -0.15) is 0 Å². The highest BCUT2D eigenvalue weighted by Gasteiger charge is 2.30. The molecule has 0 spiro atoms. The van der Waals surface area contributed by atoms with Gasteiger partial charge in [-0.05, 0) is 37.8 Å². The zero-order valence-corrected chi connectivity index (χ0v) is 22.6. The molecular formula is C26H36N10O5. The molecule has 0 aliphatic heterocycles. The summed E-state index contributed by atoms with van der Waals surface area (Å²) in [6.07, 6.45) is 5.36. The number of aliphatic carboxylic acids is 1. The minimum atomic E-state index is -1.24. The minimum absolute atomic E-state index is 0.00133. The van der Waals surface area contributed by atoms with Crippen LogP contribution in [0.3, 0.4) is 0 Å². The standard InChI is InChI=1S/C26H36N10O5/c1-14(25(40)41)34-24(39)21(10-16-12-30-13-33-16)36-23(38)20(7-4-8-31-26(28)29)35-22(37)18(27)9-15-11-32-19-6-3-2-5-17(15)19/h2-3,5-6,11-14,18,20-21,32H,4,7-10,27H2,1H3,(H,30,33)(H,34,39)(H,35,37)(H,36,38)(H,40,41)(H4,28,29,31). The summed E-state index contributed by atoms with van der Waals surface area (Å²) in [6, 6.07) is 3.19. The molecule has 3 aromatic rings. The van der Waals surface area contributed by atoms with E-state index in [1.165, 1.54) is 19.4 Å². The fraction of sp³-hybridized carbons (Fsp3) is 0.385. The van der Waals surface area contributed by atoms with E-state index >= 15 is 0 Å². The summed E-state index contributed by atoms with van der Waals surface area (Å²) >= 11 is 0. The molecule has 12 N–H and O–H groups in total. The van der Waals surface area contributed by atoms with Gasteiger partial charge in [-0.3, -0.25) is 24.2 Å². The second kappa shape index (κ2) is 14.5. The number of benzene rings is 1. The van der Waals surface area contributed by atoms with E-state index in [4.69, 9.17) is 17.2 Å². The highest BCUT2D eigenvalue weighted by atomic mass is 16.4. The van der Waals surface area contributed by atoms with E-state index in [1.54, 1.807) is 6.20 Å². The van der Waals surface area contributed by atoms with Gasteiger partial charge in [0.1, 0.15) is 18.1 Å². The summed E-state index contributed by atoms with van der Waals surface area (Å²) in [5.41, 5.74) is 19.3. The third-order valence-electron chi connectivity index (χ3n) is 6.37. The summed E-state index contributed by atoms with van der Waals surface area (Å²) < 4.78 is 0. The zero-order valence-electron chi connectivity index (χ0n) is 22.6. The number of aromatic amines is 2. The molecule has 15 nitrogen and oxygen atoms in total. The summed E-state index contributed by atoms with van der Waals surface area (Å²) in [5.74, 6) is -3.29. The van der Waals surface area contributed by atoms with Crippen LogP contribution in [-0.4, -0.2) is 80.4 Å². The highest BCUT2D eigenvalue weighted by molar-refractivity contribution is 5.94. The molecule has 3 amide bonds. The predicted molar refractivity (Wildman–Crippen MR) is 151 cm³/mol. The lowest BCUT2D eigenvalue weighted by Crippen LogP contribution is -2.57. The number of nitrogens with zero attached hydrogens (tertiary/aromatic N) is 2. The number of nitrogens with two attached hydrogens (primary N) is 3. The van der Waals surface area contributed by atoms with Crippen molar-refractivity contribution in [2.75, 3.05) is 6.54 Å². The summed E-state index contributed by atoms with van der Waals surface area (Å²) in [4.78, 5) is 64.5. The largest absolute Gasteiger partial charge is 0.480 e. The second-order valence-electron chi connectivity index (χ2n) is 9.59. The van der Waals surface area contributed by atoms with Crippen molar-refractivity contribution in [3.63, 3.8) is 0 Å². The molecule has 4 atom stereocenters. The number of amides is 3. The lowest BCUT2D eigenvalue weighted by atomic mass is 10.0. The number of carbonyl (C=O) groups excluding carboxylic acids is 3. The second-order valence-corrected chi connectivity index (χ2v) is 9.59. The molecule has 0 radical (unpaired) electrons. The molecule has 0 saturated heterocycles. The molecule has 0 saturated carbocycles. The van der Waals surface area contributed by atoms with E-state index in [0.29, 0.717) is 12.1 Å². The molecule has 220 valence electrons. The molecule has 41 heavy (non-hydrogen) atoms. The molecule has 0 bridgehead atoms. The number of carboxylic acids is 1. The van der Waals surface area contributed by atoms with Crippen LogP contribution < -0.4 is 33.2 Å². The van der Waals surface area contributed by atoms with Crippen LogP contribution in [0.25, 0.3) is 10.9 Å². The number of para-hydroxylation sites is 1. The SMILES string of the molecule is CC(NC(=O)C(Cc1cnc[nH]1)NC(=O)C(CCCN=C(N)N)NC(=O)C(N)Cc1c[nH]c2ccccc12)C(=O)O. The van der Waals surface area contributed by atoms with E-state index < -0.39 is 47.9 Å². The Morgan fingerprint density at radius 1 is 1.00 bits per heavy atom. The molecular weight excluding hydrogens is 532 g/mol. The van der Waals surface area contributed by atoms with Gasteiger partial charge in [-0.25, -0.2) is 4.98 Å². The number of imidazole rings is 1. The Bertz CT molecular complexity index is 1370. The first-order valence-corrected chi connectivity index (χ1v) is 13.0.